The molecule has 5 rings (SSSR count). The number of amides is 2. The zero-order valence-electron chi connectivity index (χ0n) is 20.3. The minimum atomic E-state index is -0.789. The molecule has 0 N–H and O–H groups in total. The molecule has 1 saturated heterocycles. The number of benzene rings is 3. The van der Waals surface area contributed by atoms with E-state index in [1.807, 2.05) is 30.3 Å². The molecule has 192 valence electrons. The Hall–Kier alpha value is -4.66. The predicted octanol–water partition coefficient (Wildman–Crippen LogP) is 4.71. The Morgan fingerprint density at radius 2 is 1.58 bits per heavy atom. The van der Waals surface area contributed by atoms with Crippen LogP contribution < -0.4 is 4.90 Å². The van der Waals surface area contributed by atoms with Gasteiger partial charge in [0.05, 0.1) is 28.0 Å². The van der Waals surface area contributed by atoms with Gasteiger partial charge in [0.25, 0.3) is 5.69 Å². The third-order valence-corrected chi connectivity index (χ3v) is 7.27. The lowest BCUT2D eigenvalue weighted by Gasteiger charge is -2.28. The number of non-ortho nitro benzene ring substituents is 1. The standard InChI is InChI=1S/C29H24N2O7/c32-26(19-9-12-22(13-10-19)31(36)37)17-38-29(35)21-7-4-8-23(15-21)30-27(33)24-14-11-20(16-25(24)28(30)34)18-5-2-1-3-6-18/h1-10,12-13,15,20,24-25H,11,14,16-17H2. The summed E-state index contributed by atoms with van der Waals surface area (Å²) in [6, 6.07) is 21.0. The van der Waals surface area contributed by atoms with E-state index in [0.29, 0.717) is 18.5 Å². The van der Waals surface area contributed by atoms with Gasteiger partial charge in [-0.25, -0.2) is 4.79 Å². The van der Waals surface area contributed by atoms with Crippen molar-refractivity contribution < 1.29 is 28.8 Å². The Kier molecular flexibility index (Phi) is 6.83. The van der Waals surface area contributed by atoms with Gasteiger partial charge in [-0.2, -0.15) is 0 Å². The summed E-state index contributed by atoms with van der Waals surface area (Å²) in [7, 11) is 0. The van der Waals surface area contributed by atoms with Gasteiger partial charge in [0, 0.05) is 17.7 Å². The predicted molar refractivity (Wildman–Crippen MR) is 137 cm³/mol. The van der Waals surface area contributed by atoms with Crippen LogP contribution in [0.4, 0.5) is 11.4 Å². The molecule has 0 bridgehead atoms. The maximum Gasteiger partial charge on any atom is 0.338 e. The number of nitrogens with zero attached hydrogens (tertiary/aromatic N) is 2. The van der Waals surface area contributed by atoms with Crippen LogP contribution in [0.2, 0.25) is 0 Å². The second-order valence-electron chi connectivity index (χ2n) is 9.50. The van der Waals surface area contributed by atoms with E-state index in [1.165, 1.54) is 41.3 Å². The van der Waals surface area contributed by atoms with Gasteiger partial charge < -0.3 is 4.74 Å². The molecule has 3 unspecified atom stereocenters. The van der Waals surface area contributed by atoms with Crippen molar-refractivity contribution in [1.29, 1.82) is 0 Å². The topological polar surface area (TPSA) is 124 Å². The molecule has 3 aromatic rings. The first-order valence-electron chi connectivity index (χ1n) is 12.3. The second-order valence-corrected chi connectivity index (χ2v) is 9.50. The van der Waals surface area contributed by atoms with Crippen molar-refractivity contribution in [2.24, 2.45) is 11.8 Å². The number of esters is 1. The van der Waals surface area contributed by atoms with Crippen molar-refractivity contribution in [3.05, 3.63) is 106 Å². The zero-order chi connectivity index (χ0) is 26.8. The molecule has 2 aliphatic rings. The SMILES string of the molecule is O=C(COC(=O)c1cccc(N2C(=O)C3CCC(c4ccccc4)CC3C2=O)c1)c1ccc([N+](=O)[O-])cc1. The number of anilines is 1. The van der Waals surface area contributed by atoms with Gasteiger partial charge in [0.1, 0.15) is 0 Å². The van der Waals surface area contributed by atoms with Crippen LogP contribution in [0.5, 0.6) is 0 Å². The van der Waals surface area contributed by atoms with Crippen LogP contribution >= 0.6 is 0 Å². The number of carbonyl (C=O) groups excluding carboxylic acids is 4. The van der Waals surface area contributed by atoms with Gasteiger partial charge in [-0.3, -0.25) is 29.4 Å². The number of carbonyl (C=O) groups is 4. The normalized spacial score (nSPS) is 20.6. The van der Waals surface area contributed by atoms with E-state index in [2.05, 4.69) is 0 Å². The lowest BCUT2D eigenvalue weighted by molar-refractivity contribution is -0.384. The van der Waals surface area contributed by atoms with Crippen molar-refractivity contribution in [3.8, 4) is 0 Å². The third kappa shape index (κ3) is 4.82. The third-order valence-electron chi connectivity index (χ3n) is 7.27. The van der Waals surface area contributed by atoms with Crippen LogP contribution in [-0.2, 0) is 14.3 Å². The molecule has 1 aliphatic heterocycles. The summed E-state index contributed by atoms with van der Waals surface area (Å²) >= 11 is 0. The molecule has 2 amide bonds. The van der Waals surface area contributed by atoms with Crippen molar-refractivity contribution >= 4 is 34.9 Å². The molecule has 0 spiro atoms. The quantitative estimate of drug-likeness (QED) is 0.148. The molecule has 3 aromatic carbocycles. The largest absolute Gasteiger partial charge is 0.454 e. The molecule has 1 aliphatic carbocycles. The Morgan fingerprint density at radius 1 is 0.868 bits per heavy atom. The minimum absolute atomic E-state index is 0.0941. The number of hydrogen-bond donors (Lipinski definition) is 0. The van der Waals surface area contributed by atoms with Crippen LogP contribution in [0.15, 0.2) is 78.9 Å². The average molecular weight is 513 g/mol. The molecule has 3 atom stereocenters. The van der Waals surface area contributed by atoms with Crippen LogP contribution in [-0.4, -0.2) is 35.1 Å². The summed E-state index contributed by atoms with van der Waals surface area (Å²) in [5.74, 6) is -2.41. The van der Waals surface area contributed by atoms with E-state index >= 15 is 0 Å². The summed E-state index contributed by atoms with van der Waals surface area (Å²) in [6.07, 6.45) is 2.05. The summed E-state index contributed by atoms with van der Waals surface area (Å²) in [6.45, 7) is -0.562. The van der Waals surface area contributed by atoms with Crippen molar-refractivity contribution in [2.75, 3.05) is 11.5 Å². The fourth-order valence-electron chi connectivity index (χ4n) is 5.30. The fourth-order valence-corrected chi connectivity index (χ4v) is 5.30. The minimum Gasteiger partial charge on any atom is -0.454 e. The van der Waals surface area contributed by atoms with Gasteiger partial charge in [-0.15, -0.1) is 0 Å². The molecular weight excluding hydrogens is 488 g/mol. The van der Waals surface area contributed by atoms with E-state index in [9.17, 15) is 29.3 Å². The first kappa shape index (κ1) is 25.0. The number of nitro groups is 1. The molecule has 0 aromatic heterocycles. The number of fused-ring (bicyclic) bond motifs is 1. The monoisotopic (exact) mass is 512 g/mol. The number of Topliss-reactive ketones (excluding diaryl/α,β-unsaturated/α-hetero) is 1. The number of rotatable bonds is 7. The Morgan fingerprint density at radius 3 is 2.29 bits per heavy atom. The number of ether oxygens (including phenoxy) is 1. The van der Waals surface area contributed by atoms with Crippen LogP contribution in [0.3, 0.4) is 0 Å². The highest BCUT2D eigenvalue weighted by Crippen LogP contribution is 2.45. The van der Waals surface area contributed by atoms with Gasteiger partial charge >= 0.3 is 5.97 Å². The van der Waals surface area contributed by atoms with E-state index in [-0.39, 0.29) is 40.5 Å². The summed E-state index contributed by atoms with van der Waals surface area (Å²) in [4.78, 5) is 62.9. The van der Waals surface area contributed by atoms with Crippen LogP contribution in [0, 0.1) is 22.0 Å². The van der Waals surface area contributed by atoms with Gasteiger partial charge in [0.2, 0.25) is 11.8 Å². The average Bonchev–Trinajstić information content (AvgIpc) is 3.20. The van der Waals surface area contributed by atoms with E-state index in [4.69, 9.17) is 4.74 Å². The first-order valence-corrected chi connectivity index (χ1v) is 12.3. The lowest BCUT2D eigenvalue weighted by Crippen LogP contribution is -2.31. The number of ketones is 1. The summed E-state index contributed by atoms with van der Waals surface area (Å²) in [5, 5.41) is 10.8. The highest BCUT2D eigenvalue weighted by Gasteiger charge is 2.50. The molecule has 38 heavy (non-hydrogen) atoms. The molecule has 1 heterocycles. The van der Waals surface area contributed by atoms with Crippen molar-refractivity contribution in [2.45, 2.75) is 25.2 Å². The Bertz CT molecular complexity index is 1420. The molecule has 2 fully saturated rings. The molecular formula is C29H24N2O7. The smallest absolute Gasteiger partial charge is 0.338 e. The lowest BCUT2D eigenvalue weighted by atomic mass is 9.73. The maximum absolute atomic E-state index is 13.3. The molecule has 0 radical (unpaired) electrons. The first-order chi connectivity index (χ1) is 18.3. The van der Waals surface area contributed by atoms with E-state index in [1.54, 1.807) is 12.1 Å². The maximum atomic E-state index is 13.3. The number of nitro benzene ring substituents is 1. The van der Waals surface area contributed by atoms with Crippen molar-refractivity contribution in [1.82, 2.24) is 0 Å². The second kappa shape index (κ2) is 10.4. The summed E-state index contributed by atoms with van der Waals surface area (Å²) in [5.41, 5.74) is 1.56. The van der Waals surface area contributed by atoms with Gasteiger partial charge in [-0.1, -0.05) is 36.4 Å². The Balaban J connectivity index is 1.26. The zero-order valence-corrected chi connectivity index (χ0v) is 20.3. The molecule has 9 nitrogen and oxygen atoms in total. The van der Waals surface area contributed by atoms with Gasteiger partial charge in [0.15, 0.2) is 12.4 Å². The highest BCUT2D eigenvalue weighted by molar-refractivity contribution is 6.22. The summed E-state index contributed by atoms with van der Waals surface area (Å²) < 4.78 is 5.14. The highest BCUT2D eigenvalue weighted by atomic mass is 16.6. The van der Waals surface area contributed by atoms with E-state index in [0.717, 1.165) is 12.0 Å². The fraction of sp³-hybridized carbons (Fsp3) is 0.241. The van der Waals surface area contributed by atoms with E-state index < -0.39 is 29.2 Å². The molecule has 1 saturated carbocycles. The van der Waals surface area contributed by atoms with Crippen LogP contribution in [0.25, 0.3) is 0 Å². The number of hydrogen-bond acceptors (Lipinski definition) is 7. The van der Waals surface area contributed by atoms with Gasteiger partial charge in [-0.05, 0) is 61.1 Å². The number of imide groups is 1. The molecule has 9 heteroatoms. The van der Waals surface area contributed by atoms with Crippen molar-refractivity contribution in [3.63, 3.8) is 0 Å². The van der Waals surface area contributed by atoms with Crippen LogP contribution in [0.1, 0.15) is 51.5 Å². The Labute approximate surface area is 218 Å².